The third kappa shape index (κ3) is 5.29. The van der Waals surface area contributed by atoms with Gasteiger partial charge < -0.3 is 15.0 Å². The van der Waals surface area contributed by atoms with Crippen LogP contribution in [0.1, 0.15) is 48.5 Å². The number of hydrogen-bond acceptors (Lipinski definition) is 3. The van der Waals surface area contributed by atoms with Gasteiger partial charge in [-0.15, -0.1) is 0 Å². The molecule has 1 saturated carbocycles. The smallest absolute Gasteiger partial charge is 0.341 e. The van der Waals surface area contributed by atoms with Gasteiger partial charge in [-0.1, -0.05) is 74.4 Å². The van der Waals surface area contributed by atoms with Crippen molar-refractivity contribution in [3.8, 4) is 11.1 Å². The predicted octanol–water partition coefficient (Wildman–Crippen LogP) is 6.79. The fourth-order valence-electron chi connectivity index (χ4n) is 5.45. The van der Waals surface area contributed by atoms with Gasteiger partial charge in [0.2, 0.25) is 5.43 Å². The van der Waals surface area contributed by atoms with Crippen molar-refractivity contribution in [2.75, 3.05) is 11.9 Å². The molecule has 0 aliphatic heterocycles. The highest BCUT2D eigenvalue weighted by Gasteiger charge is 2.24. The number of nitrogens with zero attached hydrogens (tertiary/aromatic N) is 1. The molecule has 0 saturated heterocycles. The maximum Gasteiger partial charge on any atom is 0.341 e. The quantitative estimate of drug-likeness (QED) is 0.281. The molecule has 0 amide bonds. The highest BCUT2D eigenvalue weighted by molar-refractivity contribution is 5.93. The van der Waals surface area contributed by atoms with E-state index in [1.165, 1.54) is 25.1 Å². The first kappa shape index (κ1) is 24.8. The fourth-order valence-corrected chi connectivity index (χ4v) is 5.45. The van der Waals surface area contributed by atoms with Gasteiger partial charge in [0.1, 0.15) is 11.4 Å². The number of aromatic carboxylic acids is 1. The molecule has 1 aromatic heterocycles. The number of hydrogen-bond donors (Lipinski definition) is 2. The van der Waals surface area contributed by atoms with E-state index in [0.29, 0.717) is 30.2 Å². The van der Waals surface area contributed by atoms with E-state index in [9.17, 15) is 14.7 Å². The van der Waals surface area contributed by atoms with Crippen LogP contribution in [-0.2, 0) is 6.54 Å². The van der Waals surface area contributed by atoms with Crippen molar-refractivity contribution in [1.82, 2.24) is 4.57 Å². The van der Waals surface area contributed by atoms with Gasteiger partial charge in [0, 0.05) is 24.7 Å². The fraction of sp³-hybridized carbons (Fsp3) is 0.290. The molecule has 1 unspecified atom stereocenters. The van der Waals surface area contributed by atoms with Crippen LogP contribution in [0.2, 0.25) is 0 Å². The first-order chi connectivity index (χ1) is 17.9. The maximum absolute atomic E-state index is 15.1. The molecule has 2 N–H and O–H groups in total. The molecular weight excluding hydrogens is 467 g/mol. The molecule has 1 aliphatic carbocycles. The number of carboxylic acids is 1. The van der Waals surface area contributed by atoms with Crippen LogP contribution in [0.25, 0.3) is 22.0 Å². The Balaban J connectivity index is 1.48. The first-order valence-electron chi connectivity index (χ1n) is 12.9. The van der Waals surface area contributed by atoms with Crippen molar-refractivity contribution in [3.05, 3.63) is 100 Å². The minimum Gasteiger partial charge on any atom is -0.477 e. The van der Waals surface area contributed by atoms with Crippen molar-refractivity contribution in [2.24, 2.45) is 11.8 Å². The van der Waals surface area contributed by atoms with E-state index in [-0.39, 0.29) is 10.9 Å². The van der Waals surface area contributed by atoms with Gasteiger partial charge in [0.15, 0.2) is 0 Å². The van der Waals surface area contributed by atoms with E-state index in [1.54, 1.807) is 10.6 Å². The summed E-state index contributed by atoms with van der Waals surface area (Å²) < 4.78 is 16.8. The second-order valence-electron chi connectivity index (χ2n) is 10.1. The molecular formula is C31H31FN2O3. The lowest BCUT2D eigenvalue weighted by molar-refractivity contribution is 0.0695. The number of nitrogens with one attached hydrogen (secondary N) is 1. The van der Waals surface area contributed by atoms with Gasteiger partial charge in [-0.25, -0.2) is 9.18 Å². The molecule has 0 spiro atoms. The van der Waals surface area contributed by atoms with E-state index < -0.39 is 17.2 Å². The van der Waals surface area contributed by atoms with Gasteiger partial charge in [-0.05, 0) is 53.5 Å². The average Bonchev–Trinajstić information content (AvgIpc) is 3.38. The topological polar surface area (TPSA) is 71.3 Å². The van der Waals surface area contributed by atoms with Gasteiger partial charge in [0.25, 0.3) is 0 Å². The summed E-state index contributed by atoms with van der Waals surface area (Å²) in [5.74, 6) is -0.633. The number of anilines is 1. The summed E-state index contributed by atoms with van der Waals surface area (Å²) >= 11 is 0. The van der Waals surface area contributed by atoms with E-state index in [2.05, 4.69) is 12.2 Å². The van der Waals surface area contributed by atoms with Crippen LogP contribution in [0.4, 0.5) is 10.1 Å². The van der Waals surface area contributed by atoms with Crippen molar-refractivity contribution in [1.29, 1.82) is 0 Å². The Bertz CT molecular complexity index is 1480. The Morgan fingerprint density at radius 2 is 1.73 bits per heavy atom. The monoisotopic (exact) mass is 498 g/mol. The summed E-state index contributed by atoms with van der Waals surface area (Å²) in [4.78, 5) is 24.7. The molecule has 6 heteroatoms. The van der Waals surface area contributed by atoms with Gasteiger partial charge in [-0.2, -0.15) is 0 Å². The van der Waals surface area contributed by atoms with Crippen LogP contribution in [0.3, 0.4) is 0 Å². The first-order valence-corrected chi connectivity index (χ1v) is 12.9. The highest BCUT2D eigenvalue weighted by Crippen LogP contribution is 2.33. The van der Waals surface area contributed by atoms with Crippen LogP contribution >= 0.6 is 0 Å². The molecule has 1 heterocycles. The van der Waals surface area contributed by atoms with E-state index in [1.807, 2.05) is 54.6 Å². The Hall–Kier alpha value is -3.93. The van der Waals surface area contributed by atoms with Crippen LogP contribution in [0.5, 0.6) is 0 Å². The van der Waals surface area contributed by atoms with Crippen LogP contribution < -0.4 is 10.7 Å². The molecule has 5 rings (SSSR count). The summed E-state index contributed by atoms with van der Waals surface area (Å²) in [5, 5.41) is 13.0. The van der Waals surface area contributed by atoms with Gasteiger partial charge in [-0.3, -0.25) is 4.79 Å². The number of aromatic nitrogens is 1. The third-order valence-electron chi connectivity index (χ3n) is 7.62. The second kappa shape index (κ2) is 10.6. The highest BCUT2D eigenvalue weighted by atomic mass is 19.1. The third-order valence-corrected chi connectivity index (χ3v) is 7.62. The lowest BCUT2D eigenvalue weighted by Crippen LogP contribution is -2.20. The molecule has 0 radical (unpaired) electrons. The SMILES string of the molecule is CCC1CC[C@@H](CNc2cc3c(cc2F)c(=O)c(C(=O)O)cn3Cc2ccc(-c3ccccc3)cc2)C1. The lowest BCUT2D eigenvalue weighted by Gasteiger charge is -2.17. The van der Waals surface area contributed by atoms with Crippen LogP contribution in [-0.4, -0.2) is 22.2 Å². The normalized spacial score (nSPS) is 17.2. The zero-order valence-electron chi connectivity index (χ0n) is 20.9. The summed E-state index contributed by atoms with van der Waals surface area (Å²) in [5.41, 5.74) is 2.92. The number of pyridine rings is 1. The summed E-state index contributed by atoms with van der Waals surface area (Å²) in [7, 11) is 0. The molecule has 37 heavy (non-hydrogen) atoms. The molecule has 3 aromatic carbocycles. The van der Waals surface area contributed by atoms with E-state index >= 15 is 4.39 Å². The zero-order chi connectivity index (χ0) is 25.9. The summed E-state index contributed by atoms with van der Waals surface area (Å²) in [6, 6.07) is 20.9. The largest absolute Gasteiger partial charge is 0.477 e. The van der Waals surface area contributed by atoms with Crippen molar-refractivity contribution < 1.29 is 14.3 Å². The Labute approximate surface area is 215 Å². The number of benzene rings is 3. The minimum absolute atomic E-state index is 0.0655. The van der Waals surface area contributed by atoms with E-state index in [0.717, 1.165) is 35.4 Å². The maximum atomic E-state index is 15.1. The second-order valence-corrected chi connectivity index (χ2v) is 10.1. The summed E-state index contributed by atoms with van der Waals surface area (Å²) in [6.07, 6.45) is 6.02. The Kier molecular flexibility index (Phi) is 7.08. The van der Waals surface area contributed by atoms with Crippen molar-refractivity contribution in [3.63, 3.8) is 0 Å². The van der Waals surface area contributed by atoms with Crippen molar-refractivity contribution in [2.45, 2.75) is 39.2 Å². The predicted molar refractivity (Wildman–Crippen MR) is 146 cm³/mol. The van der Waals surface area contributed by atoms with Crippen molar-refractivity contribution >= 4 is 22.6 Å². The van der Waals surface area contributed by atoms with Gasteiger partial charge >= 0.3 is 5.97 Å². The standard InChI is InChI=1S/C31H31FN2O3/c1-2-20-8-9-22(14-20)17-33-28-16-29-25(15-27(28)32)30(35)26(31(36)37)19-34(29)18-21-10-12-24(13-11-21)23-6-4-3-5-7-23/h3-7,10-13,15-16,19-20,22,33H,2,8-9,14,17-18H2,1H3,(H,36,37)/t20?,22-/m1/s1. The average molecular weight is 499 g/mol. The number of fused-ring (bicyclic) bond motifs is 1. The number of rotatable bonds is 8. The van der Waals surface area contributed by atoms with Gasteiger partial charge in [0.05, 0.1) is 11.2 Å². The molecule has 1 aliphatic rings. The molecule has 190 valence electrons. The van der Waals surface area contributed by atoms with E-state index in [4.69, 9.17) is 0 Å². The zero-order valence-corrected chi connectivity index (χ0v) is 20.9. The molecule has 2 atom stereocenters. The molecule has 4 aromatic rings. The van der Waals surface area contributed by atoms with Crippen LogP contribution in [0.15, 0.2) is 77.7 Å². The minimum atomic E-state index is -1.32. The Morgan fingerprint density at radius 1 is 1.03 bits per heavy atom. The Morgan fingerprint density at radius 3 is 2.41 bits per heavy atom. The summed E-state index contributed by atoms with van der Waals surface area (Å²) in [6.45, 7) is 3.23. The number of halogens is 1. The van der Waals surface area contributed by atoms with Crippen LogP contribution in [0, 0.1) is 17.7 Å². The molecule has 0 bridgehead atoms. The molecule has 5 nitrogen and oxygen atoms in total. The molecule has 1 fully saturated rings. The number of carboxylic acid groups (broad SMARTS) is 1. The lowest BCUT2D eigenvalue weighted by atomic mass is 10.0. The number of carbonyl (C=O) groups is 1.